The number of aliphatic hydroxyl groups is 1. The van der Waals surface area contributed by atoms with Crippen LogP contribution in [-0.4, -0.2) is 48.8 Å². The fourth-order valence-electron chi connectivity index (χ4n) is 2.05. The van der Waals surface area contributed by atoms with E-state index in [9.17, 15) is 9.90 Å². The molecular formula is C10H19NO3. The number of aliphatic hydroxyl groups excluding tert-OH is 1. The number of β-amino-alcohol motifs (C(OH)–C–C–N with tert-alkyl or cyclic N) is 1. The van der Waals surface area contributed by atoms with Gasteiger partial charge in [0.15, 0.2) is 0 Å². The van der Waals surface area contributed by atoms with Gasteiger partial charge in [-0.25, -0.2) is 0 Å². The number of hydrogen-bond donors (Lipinski definition) is 1. The Morgan fingerprint density at radius 1 is 1.64 bits per heavy atom. The smallest absolute Gasteiger partial charge is 0.310 e. The summed E-state index contributed by atoms with van der Waals surface area (Å²) in [7, 11) is 1.42. The summed E-state index contributed by atoms with van der Waals surface area (Å²) in [4.78, 5) is 13.5. The lowest BCUT2D eigenvalue weighted by Crippen LogP contribution is -2.30. The third-order valence-electron chi connectivity index (χ3n) is 2.71. The number of likely N-dealkylation sites (tertiary alicyclic amines) is 1. The van der Waals surface area contributed by atoms with Crippen molar-refractivity contribution in [2.45, 2.75) is 20.0 Å². The van der Waals surface area contributed by atoms with Gasteiger partial charge in [0.05, 0.1) is 19.1 Å². The topological polar surface area (TPSA) is 49.8 Å². The highest BCUT2D eigenvalue weighted by molar-refractivity contribution is 5.73. The summed E-state index contributed by atoms with van der Waals surface area (Å²) in [5.74, 6) is 0.158. The van der Waals surface area contributed by atoms with E-state index in [0.29, 0.717) is 19.0 Å². The lowest BCUT2D eigenvalue weighted by atomic mass is 9.99. The van der Waals surface area contributed by atoms with Crippen molar-refractivity contribution in [3.05, 3.63) is 0 Å². The zero-order valence-corrected chi connectivity index (χ0v) is 9.06. The first-order valence-electron chi connectivity index (χ1n) is 5.02. The van der Waals surface area contributed by atoms with Gasteiger partial charge in [0, 0.05) is 19.6 Å². The minimum absolute atomic E-state index is 0.0289. The molecule has 1 aliphatic heterocycles. The Morgan fingerprint density at radius 3 is 2.79 bits per heavy atom. The molecule has 0 spiro atoms. The molecule has 82 valence electrons. The third-order valence-corrected chi connectivity index (χ3v) is 2.71. The molecule has 1 heterocycles. The van der Waals surface area contributed by atoms with Crippen molar-refractivity contribution in [1.29, 1.82) is 0 Å². The van der Waals surface area contributed by atoms with Gasteiger partial charge in [0.1, 0.15) is 0 Å². The van der Waals surface area contributed by atoms with Gasteiger partial charge in [-0.15, -0.1) is 0 Å². The van der Waals surface area contributed by atoms with E-state index in [1.54, 1.807) is 6.92 Å². The average Bonchev–Trinajstić information content (AvgIpc) is 2.44. The summed E-state index contributed by atoms with van der Waals surface area (Å²) in [6.45, 7) is 6.01. The Hall–Kier alpha value is -0.610. The number of hydrogen-bond acceptors (Lipinski definition) is 4. The molecule has 3 atom stereocenters. The van der Waals surface area contributed by atoms with Crippen LogP contribution in [0.1, 0.15) is 13.8 Å². The first-order chi connectivity index (χ1) is 6.54. The molecule has 4 heteroatoms. The number of ether oxygens (including phenoxy) is 1. The lowest BCUT2D eigenvalue weighted by molar-refractivity contribution is -0.146. The summed E-state index contributed by atoms with van der Waals surface area (Å²) in [5, 5.41) is 9.22. The van der Waals surface area contributed by atoms with Crippen molar-refractivity contribution in [1.82, 2.24) is 4.90 Å². The van der Waals surface area contributed by atoms with E-state index in [1.165, 1.54) is 7.11 Å². The summed E-state index contributed by atoms with van der Waals surface area (Å²) >= 11 is 0. The number of methoxy groups -OCH3 is 1. The van der Waals surface area contributed by atoms with E-state index >= 15 is 0 Å². The van der Waals surface area contributed by atoms with Gasteiger partial charge in [-0.1, -0.05) is 6.92 Å². The van der Waals surface area contributed by atoms with Crippen LogP contribution in [0, 0.1) is 11.8 Å². The Bertz CT molecular complexity index is 206. The Morgan fingerprint density at radius 2 is 2.29 bits per heavy atom. The van der Waals surface area contributed by atoms with Crippen LogP contribution in [0.3, 0.4) is 0 Å². The van der Waals surface area contributed by atoms with Crippen LogP contribution < -0.4 is 0 Å². The zero-order chi connectivity index (χ0) is 10.7. The van der Waals surface area contributed by atoms with Crippen LogP contribution in [0.25, 0.3) is 0 Å². The normalized spacial score (nSPS) is 30.3. The zero-order valence-electron chi connectivity index (χ0n) is 9.06. The van der Waals surface area contributed by atoms with Crippen molar-refractivity contribution < 1.29 is 14.6 Å². The van der Waals surface area contributed by atoms with E-state index < -0.39 is 0 Å². The maximum absolute atomic E-state index is 11.3. The SMILES string of the molecule is COC(=O)C1CN(CC(C)O)CC1C. The highest BCUT2D eigenvalue weighted by Crippen LogP contribution is 2.23. The van der Waals surface area contributed by atoms with Crippen LogP contribution in [0.2, 0.25) is 0 Å². The number of rotatable bonds is 3. The quantitative estimate of drug-likeness (QED) is 0.658. The molecule has 0 aromatic heterocycles. The van der Waals surface area contributed by atoms with Crippen LogP contribution in [-0.2, 0) is 9.53 Å². The van der Waals surface area contributed by atoms with Gasteiger partial charge in [0.2, 0.25) is 0 Å². The van der Waals surface area contributed by atoms with Gasteiger partial charge >= 0.3 is 5.97 Å². The maximum Gasteiger partial charge on any atom is 0.310 e. The summed E-state index contributed by atoms with van der Waals surface area (Å²) in [5.41, 5.74) is 0. The maximum atomic E-state index is 11.3. The van der Waals surface area contributed by atoms with E-state index in [0.717, 1.165) is 6.54 Å². The van der Waals surface area contributed by atoms with Crippen molar-refractivity contribution in [3.63, 3.8) is 0 Å². The molecule has 14 heavy (non-hydrogen) atoms. The predicted molar refractivity (Wildman–Crippen MR) is 52.8 cm³/mol. The van der Waals surface area contributed by atoms with Gasteiger partial charge in [-0.2, -0.15) is 0 Å². The Balaban J connectivity index is 2.47. The summed E-state index contributed by atoms with van der Waals surface area (Å²) < 4.78 is 4.73. The molecule has 0 saturated carbocycles. The molecule has 0 aliphatic carbocycles. The molecule has 0 amide bonds. The second kappa shape index (κ2) is 4.75. The van der Waals surface area contributed by atoms with Gasteiger partial charge in [-0.05, 0) is 12.8 Å². The fraction of sp³-hybridized carbons (Fsp3) is 0.900. The number of esters is 1. The van der Waals surface area contributed by atoms with Gasteiger partial charge < -0.3 is 9.84 Å². The highest BCUT2D eigenvalue weighted by atomic mass is 16.5. The lowest BCUT2D eigenvalue weighted by Gasteiger charge is -2.16. The third kappa shape index (κ3) is 2.69. The number of carbonyl (C=O) groups is 1. The minimum Gasteiger partial charge on any atom is -0.469 e. The van der Waals surface area contributed by atoms with E-state index in [2.05, 4.69) is 4.90 Å². The van der Waals surface area contributed by atoms with Crippen molar-refractivity contribution in [3.8, 4) is 0 Å². The molecule has 1 aliphatic rings. The first kappa shape index (κ1) is 11.5. The monoisotopic (exact) mass is 201 g/mol. The van der Waals surface area contributed by atoms with E-state index in [4.69, 9.17) is 4.74 Å². The largest absolute Gasteiger partial charge is 0.469 e. The first-order valence-corrected chi connectivity index (χ1v) is 5.02. The molecule has 1 fully saturated rings. The molecule has 1 rings (SSSR count). The average molecular weight is 201 g/mol. The molecule has 0 aromatic rings. The minimum atomic E-state index is -0.335. The molecule has 1 saturated heterocycles. The number of nitrogens with zero attached hydrogens (tertiary/aromatic N) is 1. The fourth-order valence-corrected chi connectivity index (χ4v) is 2.05. The predicted octanol–water partition coefficient (Wildman–Crippen LogP) is 0.108. The van der Waals surface area contributed by atoms with Crippen LogP contribution in [0.15, 0.2) is 0 Å². The highest BCUT2D eigenvalue weighted by Gasteiger charge is 2.35. The summed E-state index contributed by atoms with van der Waals surface area (Å²) in [6.07, 6.45) is -0.335. The molecule has 0 aromatic carbocycles. The standard InChI is InChI=1S/C10H19NO3/c1-7-4-11(5-8(2)12)6-9(7)10(13)14-3/h7-9,12H,4-6H2,1-3H3. The van der Waals surface area contributed by atoms with Crippen LogP contribution in [0.4, 0.5) is 0 Å². The van der Waals surface area contributed by atoms with Gasteiger partial charge in [0.25, 0.3) is 0 Å². The van der Waals surface area contributed by atoms with Crippen molar-refractivity contribution in [2.24, 2.45) is 11.8 Å². The molecule has 1 N–H and O–H groups in total. The molecular weight excluding hydrogens is 182 g/mol. The number of carbonyl (C=O) groups excluding carboxylic acids is 1. The second-order valence-corrected chi connectivity index (χ2v) is 4.17. The molecule has 3 unspecified atom stereocenters. The van der Waals surface area contributed by atoms with E-state index in [-0.39, 0.29) is 18.0 Å². The van der Waals surface area contributed by atoms with Crippen molar-refractivity contribution >= 4 is 5.97 Å². The molecule has 0 bridgehead atoms. The molecule has 4 nitrogen and oxygen atoms in total. The van der Waals surface area contributed by atoms with Crippen molar-refractivity contribution in [2.75, 3.05) is 26.7 Å². The van der Waals surface area contributed by atoms with Crippen LogP contribution in [0.5, 0.6) is 0 Å². The van der Waals surface area contributed by atoms with Crippen LogP contribution >= 0.6 is 0 Å². The Labute approximate surface area is 84.8 Å². The Kier molecular flexibility index (Phi) is 3.89. The van der Waals surface area contributed by atoms with Gasteiger partial charge in [-0.3, -0.25) is 9.69 Å². The second-order valence-electron chi connectivity index (χ2n) is 4.17. The molecule has 0 radical (unpaired) electrons. The summed E-state index contributed by atoms with van der Waals surface area (Å²) in [6, 6.07) is 0. The van der Waals surface area contributed by atoms with E-state index in [1.807, 2.05) is 6.92 Å².